The first-order valence-corrected chi connectivity index (χ1v) is 8.88. The number of rotatable bonds is 8. The van der Waals surface area contributed by atoms with Crippen molar-refractivity contribution in [3.63, 3.8) is 0 Å². The number of anilines is 1. The third-order valence-corrected chi connectivity index (χ3v) is 4.14. The van der Waals surface area contributed by atoms with Gasteiger partial charge in [0.25, 0.3) is 0 Å². The molecule has 1 N–H and O–H groups in total. The number of aliphatic carboxylic acids is 1. The van der Waals surface area contributed by atoms with Crippen LogP contribution in [0, 0.1) is 0 Å². The SMILES string of the molecule is CC(C)N(Cc1ccccc1)C(=O)N(CCCC(=O)O)c1ccccc1. The number of urea groups is 1. The van der Waals surface area contributed by atoms with E-state index < -0.39 is 5.97 Å². The summed E-state index contributed by atoms with van der Waals surface area (Å²) in [6.07, 6.45) is 0.449. The molecule has 0 aliphatic carbocycles. The molecule has 2 rings (SSSR count). The number of carboxylic acids is 1. The first-order chi connectivity index (χ1) is 12.5. The zero-order valence-electron chi connectivity index (χ0n) is 15.3. The molecule has 0 saturated heterocycles. The van der Waals surface area contributed by atoms with Gasteiger partial charge in [-0.15, -0.1) is 0 Å². The van der Waals surface area contributed by atoms with Gasteiger partial charge in [-0.05, 0) is 38.0 Å². The Morgan fingerprint density at radius 2 is 1.54 bits per heavy atom. The second kappa shape index (κ2) is 9.61. The topological polar surface area (TPSA) is 60.9 Å². The molecule has 0 unspecified atom stereocenters. The summed E-state index contributed by atoms with van der Waals surface area (Å²) in [4.78, 5) is 27.6. The van der Waals surface area contributed by atoms with Gasteiger partial charge in [-0.2, -0.15) is 0 Å². The predicted molar refractivity (Wildman–Crippen MR) is 103 cm³/mol. The molecular weight excluding hydrogens is 328 g/mol. The third-order valence-electron chi connectivity index (χ3n) is 4.14. The van der Waals surface area contributed by atoms with Crippen molar-refractivity contribution in [2.75, 3.05) is 11.4 Å². The summed E-state index contributed by atoms with van der Waals surface area (Å²) >= 11 is 0. The van der Waals surface area contributed by atoms with Crippen LogP contribution in [0.2, 0.25) is 0 Å². The molecule has 26 heavy (non-hydrogen) atoms. The minimum atomic E-state index is -0.851. The van der Waals surface area contributed by atoms with Crippen LogP contribution in [0.5, 0.6) is 0 Å². The first kappa shape index (κ1) is 19.5. The summed E-state index contributed by atoms with van der Waals surface area (Å²) in [5.41, 5.74) is 1.84. The van der Waals surface area contributed by atoms with Crippen molar-refractivity contribution < 1.29 is 14.7 Å². The molecule has 0 bridgehead atoms. The van der Waals surface area contributed by atoms with E-state index in [4.69, 9.17) is 5.11 Å². The van der Waals surface area contributed by atoms with Crippen molar-refractivity contribution in [2.24, 2.45) is 0 Å². The smallest absolute Gasteiger partial charge is 0.325 e. The highest BCUT2D eigenvalue weighted by Gasteiger charge is 2.24. The summed E-state index contributed by atoms with van der Waals surface area (Å²) in [5, 5.41) is 8.91. The molecule has 0 spiro atoms. The van der Waals surface area contributed by atoms with E-state index in [1.807, 2.05) is 79.4 Å². The van der Waals surface area contributed by atoms with Crippen LogP contribution >= 0.6 is 0 Å². The fraction of sp³-hybridized carbons (Fsp3) is 0.333. The molecule has 0 atom stereocenters. The van der Waals surface area contributed by atoms with Crippen LogP contribution in [0.3, 0.4) is 0 Å². The van der Waals surface area contributed by atoms with E-state index in [2.05, 4.69) is 0 Å². The average molecular weight is 354 g/mol. The second-order valence-corrected chi connectivity index (χ2v) is 6.47. The van der Waals surface area contributed by atoms with Gasteiger partial charge in [0, 0.05) is 31.2 Å². The van der Waals surface area contributed by atoms with Gasteiger partial charge in [-0.3, -0.25) is 9.69 Å². The van der Waals surface area contributed by atoms with Crippen molar-refractivity contribution in [3.05, 3.63) is 66.2 Å². The Hall–Kier alpha value is -2.82. The number of para-hydroxylation sites is 1. The summed E-state index contributed by atoms with van der Waals surface area (Å²) in [6, 6.07) is 19.2. The van der Waals surface area contributed by atoms with Crippen LogP contribution in [0.15, 0.2) is 60.7 Å². The van der Waals surface area contributed by atoms with E-state index in [1.54, 1.807) is 4.90 Å². The Morgan fingerprint density at radius 3 is 2.08 bits per heavy atom. The highest BCUT2D eigenvalue weighted by Crippen LogP contribution is 2.19. The fourth-order valence-corrected chi connectivity index (χ4v) is 2.74. The standard InChI is InChI=1S/C21H26N2O3/c1-17(2)23(16-18-10-5-3-6-11-18)21(26)22(15-9-14-20(24)25)19-12-7-4-8-13-19/h3-8,10-13,17H,9,14-16H2,1-2H3,(H,24,25). The van der Waals surface area contributed by atoms with Gasteiger partial charge in [0.15, 0.2) is 0 Å². The van der Waals surface area contributed by atoms with Crippen LogP contribution in [0.1, 0.15) is 32.3 Å². The summed E-state index contributed by atoms with van der Waals surface area (Å²) in [7, 11) is 0. The summed E-state index contributed by atoms with van der Waals surface area (Å²) < 4.78 is 0. The van der Waals surface area contributed by atoms with Crippen LogP contribution < -0.4 is 4.90 Å². The van der Waals surface area contributed by atoms with Crippen molar-refractivity contribution in [2.45, 2.75) is 39.3 Å². The number of carboxylic acid groups (broad SMARTS) is 1. The number of amides is 2. The molecule has 0 aliphatic heterocycles. The highest BCUT2D eigenvalue weighted by atomic mass is 16.4. The maximum atomic E-state index is 13.3. The van der Waals surface area contributed by atoms with Gasteiger partial charge in [-0.25, -0.2) is 4.79 Å². The third kappa shape index (κ3) is 5.62. The Kier molecular flexibility index (Phi) is 7.21. The van der Waals surface area contributed by atoms with E-state index in [-0.39, 0.29) is 18.5 Å². The van der Waals surface area contributed by atoms with Gasteiger partial charge < -0.3 is 10.0 Å². The van der Waals surface area contributed by atoms with E-state index in [1.165, 1.54) is 0 Å². The molecule has 2 amide bonds. The van der Waals surface area contributed by atoms with Crippen LogP contribution in [0.25, 0.3) is 0 Å². The molecule has 0 aromatic heterocycles. The molecule has 5 heteroatoms. The molecule has 5 nitrogen and oxygen atoms in total. The Bertz CT molecular complexity index is 702. The Balaban J connectivity index is 2.22. The average Bonchev–Trinajstić information content (AvgIpc) is 2.64. The van der Waals surface area contributed by atoms with Crippen molar-refractivity contribution >= 4 is 17.7 Å². The quantitative estimate of drug-likeness (QED) is 0.765. The lowest BCUT2D eigenvalue weighted by Crippen LogP contribution is -2.46. The van der Waals surface area contributed by atoms with E-state index in [0.29, 0.717) is 19.5 Å². The predicted octanol–water partition coefficient (Wildman–Crippen LogP) is 4.39. The highest BCUT2D eigenvalue weighted by molar-refractivity contribution is 5.92. The van der Waals surface area contributed by atoms with Gasteiger partial charge in [0.1, 0.15) is 0 Å². The lowest BCUT2D eigenvalue weighted by molar-refractivity contribution is -0.137. The zero-order chi connectivity index (χ0) is 18.9. The molecule has 0 heterocycles. The van der Waals surface area contributed by atoms with Gasteiger partial charge in [-0.1, -0.05) is 48.5 Å². The van der Waals surface area contributed by atoms with Crippen molar-refractivity contribution in [3.8, 4) is 0 Å². The van der Waals surface area contributed by atoms with Crippen molar-refractivity contribution in [1.82, 2.24) is 4.90 Å². The first-order valence-electron chi connectivity index (χ1n) is 8.88. The summed E-state index contributed by atoms with van der Waals surface area (Å²) in [6.45, 7) is 4.86. The number of carbonyl (C=O) groups is 2. The van der Waals surface area contributed by atoms with Crippen molar-refractivity contribution in [1.29, 1.82) is 0 Å². The van der Waals surface area contributed by atoms with Gasteiger partial charge >= 0.3 is 12.0 Å². The molecule has 0 fully saturated rings. The molecule has 0 aliphatic rings. The number of hydrogen-bond acceptors (Lipinski definition) is 2. The van der Waals surface area contributed by atoms with E-state index in [9.17, 15) is 9.59 Å². The molecule has 2 aromatic rings. The van der Waals surface area contributed by atoms with E-state index in [0.717, 1.165) is 11.3 Å². The van der Waals surface area contributed by atoms with Gasteiger partial charge in [0.2, 0.25) is 0 Å². The number of hydrogen-bond donors (Lipinski definition) is 1. The molecule has 138 valence electrons. The largest absolute Gasteiger partial charge is 0.481 e. The van der Waals surface area contributed by atoms with Crippen LogP contribution in [-0.4, -0.2) is 34.6 Å². The minimum absolute atomic E-state index is 0.0217. The lowest BCUT2D eigenvalue weighted by atomic mass is 10.2. The summed E-state index contributed by atoms with van der Waals surface area (Å²) in [5.74, 6) is -0.851. The van der Waals surface area contributed by atoms with Crippen LogP contribution in [0.4, 0.5) is 10.5 Å². The number of carbonyl (C=O) groups excluding carboxylic acids is 1. The normalized spacial score (nSPS) is 10.6. The van der Waals surface area contributed by atoms with Gasteiger partial charge in [0.05, 0.1) is 0 Å². The maximum absolute atomic E-state index is 13.3. The number of benzene rings is 2. The molecule has 2 aromatic carbocycles. The Morgan fingerprint density at radius 1 is 0.962 bits per heavy atom. The molecular formula is C21H26N2O3. The zero-order valence-corrected chi connectivity index (χ0v) is 15.3. The monoisotopic (exact) mass is 354 g/mol. The Labute approximate surface area is 154 Å². The fourth-order valence-electron chi connectivity index (χ4n) is 2.74. The second-order valence-electron chi connectivity index (χ2n) is 6.47. The lowest BCUT2D eigenvalue weighted by Gasteiger charge is -2.33. The van der Waals surface area contributed by atoms with E-state index >= 15 is 0 Å². The van der Waals surface area contributed by atoms with Crippen LogP contribution in [-0.2, 0) is 11.3 Å². The maximum Gasteiger partial charge on any atom is 0.325 e. The molecule has 0 saturated carbocycles. The minimum Gasteiger partial charge on any atom is -0.481 e. The number of nitrogens with zero attached hydrogens (tertiary/aromatic N) is 2. The molecule has 0 radical (unpaired) electrons.